The molecule has 0 aromatic carbocycles. The Hall–Kier alpha value is -0.560. The van der Waals surface area contributed by atoms with Gasteiger partial charge in [0.1, 0.15) is 0 Å². The monoisotopic (exact) mass is 125 g/mol. The summed E-state index contributed by atoms with van der Waals surface area (Å²) in [6, 6.07) is 0. The highest BCUT2D eigenvalue weighted by molar-refractivity contribution is 5.26. The molecule has 0 saturated carbocycles. The van der Waals surface area contributed by atoms with Crippen molar-refractivity contribution >= 4 is 0 Å². The summed E-state index contributed by atoms with van der Waals surface area (Å²) in [6.45, 7) is 6.82. The number of hydrogen-bond acceptors (Lipinski definition) is 1. The van der Waals surface area contributed by atoms with Crippen LogP contribution in [0.25, 0.3) is 0 Å². The van der Waals surface area contributed by atoms with E-state index in [0.29, 0.717) is 6.54 Å². The molecule has 1 heteroatoms. The van der Waals surface area contributed by atoms with Crippen molar-refractivity contribution in [2.45, 2.75) is 20.8 Å². The Morgan fingerprint density at radius 2 is 1.89 bits per heavy atom. The molecule has 0 saturated heterocycles. The van der Waals surface area contributed by atoms with Crippen LogP contribution in [0, 0.1) is 0 Å². The van der Waals surface area contributed by atoms with E-state index in [1.54, 1.807) is 0 Å². The van der Waals surface area contributed by atoms with Crippen LogP contribution in [-0.2, 0) is 0 Å². The van der Waals surface area contributed by atoms with Gasteiger partial charge in [-0.1, -0.05) is 23.3 Å². The molecule has 0 bridgehead atoms. The van der Waals surface area contributed by atoms with Gasteiger partial charge in [0.15, 0.2) is 0 Å². The van der Waals surface area contributed by atoms with Gasteiger partial charge in [-0.2, -0.15) is 0 Å². The third-order valence-electron chi connectivity index (χ3n) is 1.48. The molecule has 0 aliphatic rings. The summed E-state index contributed by atoms with van der Waals surface area (Å²) in [5.74, 6) is 0. The van der Waals surface area contributed by atoms with Gasteiger partial charge >= 0.3 is 0 Å². The maximum Gasteiger partial charge on any atom is 0.0112 e. The molecule has 0 heterocycles. The first kappa shape index (κ1) is 8.44. The van der Waals surface area contributed by atoms with Gasteiger partial charge < -0.3 is 5.73 Å². The summed E-state index contributed by atoms with van der Waals surface area (Å²) in [5.41, 5.74) is 7.90. The highest BCUT2D eigenvalue weighted by atomic mass is 14.5. The summed E-state index contributed by atoms with van der Waals surface area (Å²) >= 11 is 0. The molecule has 0 rings (SSSR count). The van der Waals surface area contributed by atoms with Crippen LogP contribution in [0.15, 0.2) is 23.3 Å². The van der Waals surface area contributed by atoms with E-state index < -0.39 is 0 Å². The van der Waals surface area contributed by atoms with Crippen molar-refractivity contribution in [1.82, 2.24) is 0 Å². The molecule has 0 aromatic heterocycles. The minimum atomic E-state index is 0.636. The van der Waals surface area contributed by atoms with Crippen molar-refractivity contribution in [2.24, 2.45) is 5.73 Å². The van der Waals surface area contributed by atoms with Crippen molar-refractivity contribution in [3.8, 4) is 0 Å². The number of allylic oxidation sites excluding steroid dienone is 3. The quantitative estimate of drug-likeness (QED) is 0.560. The summed E-state index contributed by atoms with van der Waals surface area (Å²) in [6.07, 6.45) is 4.11. The van der Waals surface area contributed by atoms with Gasteiger partial charge in [0.2, 0.25) is 0 Å². The van der Waals surface area contributed by atoms with Gasteiger partial charge in [0.25, 0.3) is 0 Å². The van der Waals surface area contributed by atoms with Crippen LogP contribution < -0.4 is 5.73 Å². The summed E-state index contributed by atoms with van der Waals surface area (Å²) in [4.78, 5) is 0. The van der Waals surface area contributed by atoms with Crippen molar-refractivity contribution in [3.63, 3.8) is 0 Å². The van der Waals surface area contributed by atoms with Crippen LogP contribution in [-0.4, -0.2) is 6.54 Å². The van der Waals surface area contributed by atoms with E-state index >= 15 is 0 Å². The van der Waals surface area contributed by atoms with Crippen LogP contribution in [0.4, 0.5) is 0 Å². The van der Waals surface area contributed by atoms with E-state index in [-0.39, 0.29) is 0 Å². The Bertz CT molecular complexity index is 132. The van der Waals surface area contributed by atoms with E-state index in [2.05, 4.69) is 19.9 Å². The number of rotatable bonds is 2. The maximum absolute atomic E-state index is 5.32. The van der Waals surface area contributed by atoms with Crippen molar-refractivity contribution in [3.05, 3.63) is 23.3 Å². The van der Waals surface area contributed by atoms with E-state index in [1.165, 1.54) is 11.1 Å². The summed E-state index contributed by atoms with van der Waals surface area (Å²) in [7, 11) is 0. The molecule has 0 aromatic rings. The second-order valence-corrected chi connectivity index (χ2v) is 2.09. The minimum Gasteiger partial charge on any atom is -0.327 e. The molecule has 0 aliphatic carbocycles. The lowest BCUT2D eigenvalue weighted by molar-refractivity contribution is 1.20. The van der Waals surface area contributed by atoms with Crippen LogP contribution >= 0.6 is 0 Å². The summed E-state index contributed by atoms with van der Waals surface area (Å²) < 4.78 is 0. The van der Waals surface area contributed by atoms with Gasteiger partial charge in [-0.05, 0) is 20.8 Å². The molecule has 0 aliphatic heterocycles. The standard InChI is InChI=1S/C8H15N/c1-4-7(2)8(3)5-6-9/h4-5H,6,9H2,1-3H3. The zero-order valence-corrected chi connectivity index (χ0v) is 6.44. The maximum atomic E-state index is 5.32. The van der Waals surface area contributed by atoms with Crippen LogP contribution in [0.1, 0.15) is 20.8 Å². The second kappa shape index (κ2) is 4.33. The van der Waals surface area contributed by atoms with Crippen molar-refractivity contribution in [1.29, 1.82) is 0 Å². The lowest BCUT2D eigenvalue weighted by Gasteiger charge is -1.97. The molecular weight excluding hydrogens is 110 g/mol. The van der Waals surface area contributed by atoms with Gasteiger partial charge in [0, 0.05) is 6.54 Å². The van der Waals surface area contributed by atoms with Gasteiger partial charge in [-0.3, -0.25) is 0 Å². The third-order valence-corrected chi connectivity index (χ3v) is 1.48. The largest absolute Gasteiger partial charge is 0.327 e. The van der Waals surface area contributed by atoms with E-state index in [0.717, 1.165) is 0 Å². The van der Waals surface area contributed by atoms with Crippen LogP contribution in [0.3, 0.4) is 0 Å². The highest BCUT2D eigenvalue weighted by Gasteiger charge is 1.86. The normalized spacial score (nSPS) is 14.2. The van der Waals surface area contributed by atoms with E-state index in [4.69, 9.17) is 5.73 Å². The number of hydrogen-bond donors (Lipinski definition) is 1. The molecule has 9 heavy (non-hydrogen) atoms. The molecule has 0 amide bonds. The third kappa shape index (κ3) is 3.09. The molecule has 0 spiro atoms. The average Bonchev–Trinajstić information content (AvgIpc) is 1.87. The van der Waals surface area contributed by atoms with Crippen LogP contribution in [0.5, 0.6) is 0 Å². The zero-order chi connectivity index (χ0) is 7.28. The van der Waals surface area contributed by atoms with Gasteiger partial charge in [-0.25, -0.2) is 0 Å². The predicted octanol–water partition coefficient (Wildman–Crippen LogP) is 1.86. The molecule has 0 atom stereocenters. The average molecular weight is 125 g/mol. The molecule has 2 N–H and O–H groups in total. The fourth-order valence-electron chi connectivity index (χ4n) is 0.565. The molecule has 0 radical (unpaired) electrons. The highest BCUT2D eigenvalue weighted by Crippen LogP contribution is 2.05. The lowest BCUT2D eigenvalue weighted by atomic mass is 10.1. The van der Waals surface area contributed by atoms with E-state index in [1.807, 2.05) is 13.0 Å². The Balaban J connectivity index is 4.03. The molecule has 0 fully saturated rings. The van der Waals surface area contributed by atoms with E-state index in [9.17, 15) is 0 Å². The lowest BCUT2D eigenvalue weighted by Crippen LogP contribution is -1.94. The molecule has 52 valence electrons. The first-order valence-electron chi connectivity index (χ1n) is 3.22. The van der Waals surface area contributed by atoms with Gasteiger partial charge in [-0.15, -0.1) is 0 Å². The molecule has 0 unspecified atom stereocenters. The Labute approximate surface area is 57.3 Å². The minimum absolute atomic E-state index is 0.636. The topological polar surface area (TPSA) is 26.0 Å². The zero-order valence-electron chi connectivity index (χ0n) is 6.44. The van der Waals surface area contributed by atoms with Crippen molar-refractivity contribution < 1.29 is 0 Å². The number of nitrogens with two attached hydrogens (primary N) is 1. The Morgan fingerprint density at radius 3 is 2.22 bits per heavy atom. The fourth-order valence-corrected chi connectivity index (χ4v) is 0.565. The van der Waals surface area contributed by atoms with Crippen LogP contribution in [0.2, 0.25) is 0 Å². The Kier molecular flexibility index (Phi) is 4.06. The van der Waals surface area contributed by atoms with Crippen molar-refractivity contribution in [2.75, 3.05) is 6.54 Å². The first-order valence-corrected chi connectivity index (χ1v) is 3.22. The smallest absolute Gasteiger partial charge is 0.0112 e. The molecule has 1 nitrogen and oxygen atoms in total. The molecular formula is C8H15N. The fraction of sp³-hybridized carbons (Fsp3) is 0.500. The van der Waals surface area contributed by atoms with Gasteiger partial charge in [0.05, 0.1) is 0 Å². The SMILES string of the molecule is CC=C(C)C(C)=CCN. The first-order chi connectivity index (χ1) is 4.22. The predicted molar refractivity (Wildman–Crippen MR) is 42.2 cm³/mol. The Morgan fingerprint density at radius 1 is 1.33 bits per heavy atom. The second-order valence-electron chi connectivity index (χ2n) is 2.09. The summed E-state index contributed by atoms with van der Waals surface area (Å²) in [5, 5.41) is 0.